The van der Waals surface area contributed by atoms with Crippen molar-refractivity contribution in [2.75, 3.05) is 0 Å². The lowest BCUT2D eigenvalue weighted by molar-refractivity contribution is -0.138. The highest BCUT2D eigenvalue weighted by Gasteiger charge is 2.13. The van der Waals surface area contributed by atoms with Gasteiger partial charge in [-0.05, 0) is 24.1 Å². The van der Waals surface area contributed by atoms with E-state index in [1.807, 2.05) is 0 Å². The first-order chi connectivity index (χ1) is 7.86. The second-order valence-corrected chi connectivity index (χ2v) is 5.40. The molecular weight excluding hydrogens is 242 g/mol. The molecule has 0 aliphatic heterocycles. The van der Waals surface area contributed by atoms with Gasteiger partial charge in [0.1, 0.15) is 6.04 Å². The molecule has 1 aromatic rings. The number of hydrogen-bond acceptors (Lipinski definition) is 4. The molecule has 0 bridgehead atoms. The predicted molar refractivity (Wildman–Crippen MR) is 63.1 cm³/mol. The van der Waals surface area contributed by atoms with E-state index in [4.69, 9.17) is 10.8 Å². The maximum absolute atomic E-state index is 11.4. The molecule has 0 fully saturated rings. The average molecular weight is 255 g/mol. The molecule has 0 heterocycles. The molecular formula is C11H13NO4S. The first-order valence-corrected chi connectivity index (χ1v) is 6.36. The molecule has 3 N–H and O–H groups in total. The summed E-state index contributed by atoms with van der Waals surface area (Å²) in [6, 6.07) is 4.90. The van der Waals surface area contributed by atoms with Crippen LogP contribution in [0.25, 0.3) is 0 Å². The lowest BCUT2D eigenvalue weighted by Crippen LogP contribution is -2.32. The van der Waals surface area contributed by atoms with Crippen LogP contribution in [0.1, 0.15) is 5.56 Å². The van der Waals surface area contributed by atoms with Gasteiger partial charge in [0.2, 0.25) is 0 Å². The summed E-state index contributed by atoms with van der Waals surface area (Å²) in [6.45, 7) is 3.22. The van der Waals surface area contributed by atoms with Crippen LogP contribution in [0.3, 0.4) is 0 Å². The second kappa shape index (κ2) is 5.11. The van der Waals surface area contributed by atoms with E-state index in [-0.39, 0.29) is 11.3 Å². The highest BCUT2D eigenvalue weighted by molar-refractivity contribution is 7.94. The fourth-order valence-corrected chi connectivity index (χ4v) is 1.96. The van der Waals surface area contributed by atoms with Gasteiger partial charge in [-0.3, -0.25) is 4.79 Å². The van der Waals surface area contributed by atoms with Crippen LogP contribution < -0.4 is 5.73 Å². The third-order valence-corrected chi connectivity index (χ3v) is 3.61. The minimum Gasteiger partial charge on any atom is -0.480 e. The molecule has 0 amide bonds. The van der Waals surface area contributed by atoms with E-state index in [0.29, 0.717) is 5.56 Å². The quantitative estimate of drug-likeness (QED) is 0.801. The summed E-state index contributed by atoms with van der Waals surface area (Å²) in [4.78, 5) is 10.7. The SMILES string of the molecule is C=CS(=O)(=O)c1ccc(CC(N)C(=O)O)cc1. The van der Waals surface area contributed by atoms with Crippen molar-refractivity contribution < 1.29 is 18.3 Å². The van der Waals surface area contributed by atoms with Crippen molar-refractivity contribution in [3.05, 3.63) is 41.8 Å². The van der Waals surface area contributed by atoms with Crippen LogP contribution in [0.2, 0.25) is 0 Å². The number of benzene rings is 1. The van der Waals surface area contributed by atoms with Gasteiger partial charge in [0.15, 0.2) is 9.84 Å². The van der Waals surface area contributed by atoms with Gasteiger partial charge in [0.05, 0.1) is 4.90 Å². The second-order valence-electron chi connectivity index (χ2n) is 3.50. The molecule has 0 radical (unpaired) electrons. The van der Waals surface area contributed by atoms with Crippen LogP contribution in [0.15, 0.2) is 41.1 Å². The van der Waals surface area contributed by atoms with Crippen LogP contribution in [0.4, 0.5) is 0 Å². The maximum Gasteiger partial charge on any atom is 0.320 e. The van der Waals surface area contributed by atoms with E-state index in [1.165, 1.54) is 12.1 Å². The number of nitrogens with two attached hydrogens (primary N) is 1. The molecule has 0 spiro atoms. The molecule has 0 saturated heterocycles. The number of carboxylic acid groups (broad SMARTS) is 1. The summed E-state index contributed by atoms with van der Waals surface area (Å²) < 4.78 is 22.8. The van der Waals surface area contributed by atoms with E-state index < -0.39 is 21.8 Å². The number of rotatable bonds is 5. The topological polar surface area (TPSA) is 97.5 Å². The Bertz CT molecular complexity index is 519. The van der Waals surface area contributed by atoms with Crippen molar-refractivity contribution in [1.29, 1.82) is 0 Å². The minimum absolute atomic E-state index is 0.125. The Morgan fingerprint density at radius 2 is 1.94 bits per heavy atom. The molecule has 1 unspecified atom stereocenters. The average Bonchev–Trinajstić information content (AvgIpc) is 2.29. The van der Waals surface area contributed by atoms with Crippen molar-refractivity contribution in [1.82, 2.24) is 0 Å². The van der Waals surface area contributed by atoms with E-state index in [0.717, 1.165) is 5.41 Å². The molecule has 1 rings (SSSR count). The summed E-state index contributed by atoms with van der Waals surface area (Å²) >= 11 is 0. The highest BCUT2D eigenvalue weighted by atomic mass is 32.2. The molecule has 92 valence electrons. The fraction of sp³-hybridized carbons (Fsp3) is 0.182. The number of carboxylic acids is 1. The summed E-state index contributed by atoms with van der Waals surface area (Å²) in [5.74, 6) is -1.09. The molecule has 1 atom stereocenters. The monoisotopic (exact) mass is 255 g/mol. The van der Waals surface area contributed by atoms with Gasteiger partial charge in [-0.15, -0.1) is 0 Å². The molecule has 1 aromatic carbocycles. The van der Waals surface area contributed by atoms with Gasteiger partial charge >= 0.3 is 5.97 Å². The minimum atomic E-state index is -3.44. The van der Waals surface area contributed by atoms with Crippen LogP contribution in [-0.2, 0) is 21.1 Å². The van der Waals surface area contributed by atoms with Crippen LogP contribution in [-0.4, -0.2) is 25.5 Å². The van der Waals surface area contributed by atoms with E-state index in [9.17, 15) is 13.2 Å². The van der Waals surface area contributed by atoms with Crippen molar-refractivity contribution in [2.24, 2.45) is 5.73 Å². The highest BCUT2D eigenvalue weighted by Crippen LogP contribution is 2.13. The zero-order valence-corrected chi connectivity index (χ0v) is 9.85. The lowest BCUT2D eigenvalue weighted by Gasteiger charge is -2.06. The van der Waals surface area contributed by atoms with Gasteiger partial charge in [-0.2, -0.15) is 0 Å². The standard InChI is InChI=1S/C11H13NO4S/c1-2-17(15,16)9-5-3-8(4-6-9)7-10(12)11(13)14/h2-6,10H,1,7,12H2,(H,13,14). The summed E-state index contributed by atoms with van der Waals surface area (Å²) in [5.41, 5.74) is 6.03. The van der Waals surface area contributed by atoms with E-state index in [1.54, 1.807) is 12.1 Å². The Morgan fingerprint density at radius 1 is 1.41 bits per heavy atom. The largest absolute Gasteiger partial charge is 0.480 e. The molecule has 6 heteroatoms. The smallest absolute Gasteiger partial charge is 0.320 e. The fourth-order valence-electron chi connectivity index (χ4n) is 1.25. The molecule has 5 nitrogen and oxygen atoms in total. The van der Waals surface area contributed by atoms with Crippen LogP contribution >= 0.6 is 0 Å². The molecule has 0 saturated carbocycles. The maximum atomic E-state index is 11.4. The summed E-state index contributed by atoms with van der Waals surface area (Å²) in [6.07, 6.45) is 0.156. The molecule has 0 aliphatic carbocycles. The van der Waals surface area contributed by atoms with Crippen molar-refractivity contribution in [3.8, 4) is 0 Å². The Labute approximate surface area is 99.5 Å². The number of aliphatic carboxylic acids is 1. The van der Waals surface area contributed by atoms with Crippen molar-refractivity contribution in [3.63, 3.8) is 0 Å². The number of hydrogen-bond donors (Lipinski definition) is 2. The first-order valence-electron chi connectivity index (χ1n) is 4.81. The van der Waals surface area contributed by atoms with Gasteiger partial charge in [0, 0.05) is 5.41 Å². The molecule has 0 aromatic heterocycles. The Balaban J connectivity index is 2.89. The van der Waals surface area contributed by atoms with Gasteiger partial charge in [0.25, 0.3) is 0 Å². The van der Waals surface area contributed by atoms with E-state index in [2.05, 4.69) is 6.58 Å². The van der Waals surface area contributed by atoms with Crippen molar-refractivity contribution in [2.45, 2.75) is 17.4 Å². The summed E-state index contributed by atoms with van der Waals surface area (Å²) in [5, 5.41) is 9.50. The zero-order chi connectivity index (χ0) is 13.1. The Morgan fingerprint density at radius 3 is 2.35 bits per heavy atom. The van der Waals surface area contributed by atoms with Crippen LogP contribution in [0, 0.1) is 0 Å². The third-order valence-electron chi connectivity index (χ3n) is 2.24. The lowest BCUT2D eigenvalue weighted by atomic mass is 10.1. The number of sulfone groups is 1. The summed E-state index contributed by atoms with van der Waals surface area (Å²) in [7, 11) is -3.44. The number of carbonyl (C=O) groups is 1. The zero-order valence-electron chi connectivity index (χ0n) is 9.04. The van der Waals surface area contributed by atoms with Gasteiger partial charge in [-0.25, -0.2) is 8.42 Å². The molecule has 0 aliphatic rings. The predicted octanol–water partition coefficient (Wildman–Crippen LogP) is 0.558. The van der Waals surface area contributed by atoms with Crippen LogP contribution in [0.5, 0.6) is 0 Å². The van der Waals surface area contributed by atoms with Crippen molar-refractivity contribution >= 4 is 15.8 Å². The molecule has 17 heavy (non-hydrogen) atoms. The van der Waals surface area contributed by atoms with E-state index >= 15 is 0 Å². The van der Waals surface area contributed by atoms with Gasteiger partial charge in [-0.1, -0.05) is 18.7 Å². The normalized spacial score (nSPS) is 13.0. The third kappa shape index (κ3) is 3.40. The Kier molecular flexibility index (Phi) is 4.03. The Hall–Kier alpha value is -1.66. The van der Waals surface area contributed by atoms with Gasteiger partial charge < -0.3 is 10.8 Å². The first kappa shape index (κ1) is 13.4.